The minimum absolute atomic E-state index is 0.0262. The zero-order valence-electron chi connectivity index (χ0n) is 12.3. The standard InChI is InChI=1S/C14H25NO5/c1-4-9-20-14(18)15-8-6-5-7-12(10-11(2)16)13(17)19-3/h12,16H,2,4-10H2,1,3H3,(H,15,18). The predicted octanol–water partition coefficient (Wildman–Crippen LogP) is 2.54. The molecule has 0 radical (unpaired) electrons. The first kappa shape index (κ1) is 18.3. The van der Waals surface area contributed by atoms with E-state index in [2.05, 4.69) is 16.6 Å². The molecule has 0 rings (SSSR count). The van der Waals surface area contributed by atoms with Crippen molar-refractivity contribution in [3.63, 3.8) is 0 Å². The molecule has 0 aliphatic rings. The van der Waals surface area contributed by atoms with Crippen molar-refractivity contribution in [3.8, 4) is 0 Å². The molecule has 20 heavy (non-hydrogen) atoms. The van der Waals surface area contributed by atoms with E-state index < -0.39 is 6.09 Å². The van der Waals surface area contributed by atoms with Crippen LogP contribution in [0.2, 0.25) is 0 Å². The molecular formula is C14H25NO5. The number of ether oxygens (including phenoxy) is 2. The normalized spacial score (nSPS) is 11.5. The number of nitrogens with one attached hydrogen (secondary N) is 1. The van der Waals surface area contributed by atoms with Crippen molar-refractivity contribution in [2.24, 2.45) is 5.92 Å². The summed E-state index contributed by atoms with van der Waals surface area (Å²) in [5.41, 5.74) is 0. The Bertz CT molecular complexity index is 317. The second-order valence-electron chi connectivity index (χ2n) is 4.55. The van der Waals surface area contributed by atoms with Gasteiger partial charge in [-0.15, -0.1) is 0 Å². The first-order valence-corrected chi connectivity index (χ1v) is 6.86. The number of unbranched alkanes of at least 4 members (excludes halogenated alkanes) is 1. The van der Waals surface area contributed by atoms with Gasteiger partial charge in [0.25, 0.3) is 0 Å². The van der Waals surface area contributed by atoms with Crippen LogP contribution in [0.15, 0.2) is 12.3 Å². The summed E-state index contributed by atoms with van der Waals surface area (Å²) in [6.45, 7) is 6.22. The molecule has 0 aromatic heterocycles. The van der Waals surface area contributed by atoms with Gasteiger partial charge in [0.15, 0.2) is 0 Å². The highest BCUT2D eigenvalue weighted by molar-refractivity contribution is 5.72. The maximum atomic E-state index is 11.5. The lowest BCUT2D eigenvalue weighted by molar-refractivity contribution is -0.145. The Morgan fingerprint density at radius 3 is 2.60 bits per heavy atom. The van der Waals surface area contributed by atoms with E-state index in [0.717, 1.165) is 19.3 Å². The molecule has 1 unspecified atom stereocenters. The number of alkyl carbamates (subject to hydrolysis) is 1. The van der Waals surface area contributed by atoms with Gasteiger partial charge in [-0.2, -0.15) is 0 Å². The Morgan fingerprint density at radius 1 is 1.35 bits per heavy atom. The Labute approximate surface area is 120 Å². The Kier molecular flexibility index (Phi) is 10.2. The number of aliphatic hydroxyl groups excluding tert-OH is 1. The number of hydrogen-bond donors (Lipinski definition) is 2. The molecule has 0 saturated carbocycles. The van der Waals surface area contributed by atoms with Crippen molar-refractivity contribution in [3.05, 3.63) is 12.3 Å². The van der Waals surface area contributed by atoms with Crippen molar-refractivity contribution in [2.75, 3.05) is 20.3 Å². The lowest BCUT2D eigenvalue weighted by atomic mass is 9.98. The molecule has 0 aliphatic heterocycles. The Hall–Kier alpha value is -1.72. The molecule has 2 N–H and O–H groups in total. The largest absolute Gasteiger partial charge is 0.513 e. The average molecular weight is 287 g/mol. The zero-order chi connectivity index (χ0) is 15.4. The number of amides is 1. The van der Waals surface area contributed by atoms with Gasteiger partial charge in [0, 0.05) is 13.0 Å². The van der Waals surface area contributed by atoms with Gasteiger partial charge >= 0.3 is 12.1 Å². The SMILES string of the molecule is C=C(O)CC(CCCCNC(=O)OCCC)C(=O)OC. The molecule has 116 valence electrons. The molecule has 0 saturated heterocycles. The van der Waals surface area contributed by atoms with Crippen LogP contribution in [-0.4, -0.2) is 37.4 Å². The number of esters is 1. The van der Waals surface area contributed by atoms with Crippen LogP contribution in [0, 0.1) is 5.92 Å². The van der Waals surface area contributed by atoms with Crippen LogP contribution in [-0.2, 0) is 14.3 Å². The van der Waals surface area contributed by atoms with E-state index in [4.69, 9.17) is 9.84 Å². The van der Waals surface area contributed by atoms with Gasteiger partial charge in [0.1, 0.15) is 0 Å². The van der Waals surface area contributed by atoms with Gasteiger partial charge in [-0.25, -0.2) is 4.79 Å². The maximum absolute atomic E-state index is 11.5. The molecule has 0 heterocycles. The quantitative estimate of drug-likeness (QED) is 0.366. The lowest BCUT2D eigenvalue weighted by Gasteiger charge is -2.13. The molecule has 0 aromatic rings. The molecule has 1 atom stereocenters. The number of hydrogen-bond acceptors (Lipinski definition) is 5. The summed E-state index contributed by atoms with van der Waals surface area (Å²) in [6, 6.07) is 0. The molecule has 0 aromatic carbocycles. The van der Waals surface area contributed by atoms with Crippen LogP contribution in [0.1, 0.15) is 39.0 Å². The molecule has 1 amide bonds. The first-order valence-electron chi connectivity index (χ1n) is 6.86. The predicted molar refractivity (Wildman–Crippen MR) is 75.4 cm³/mol. The van der Waals surface area contributed by atoms with Gasteiger partial charge in [-0.3, -0.25) is 4.79 Å². The summed E-state index contributed by atoms with van der Waals surface area (Å²) in [4.78, 5) is 22.6. The topological polar surface area (TPSA) is 84.9 Å². The molecule has 0 fully saturated rings. The molecule has 6 heteroatoms. The number of methoxy groups -OCH3 is 1. The number of carbonyl (C=O) groups is 2. The smallest absolute Gasteiger partial charge is 0.407 e. The van der Waals surface area contributed by atoms with Crippen LogP contribution >= 0.6 is 0 Å². The third-order valence-corrected chi connectivity index (χ3v) is 2.70. The number of allylic oxidation sites excluding steroid dienone is 1. The fraction of sp³-hybridized carbons (Fsp3) is 0.714. The van der Waals surface area contributed by atoms with Crippen LogP contribution in [0.4, 0.5) is 4.79 Å². The van der Waals surface area contributed by atoms with Gasteiger partial charge in [0.2, 0.25) is 0 Å². The summed E-state index contributed by atoms with van der Waals surface area (Å²) in [5.74, 6) is -0.762. The maximum Gasteiger partial charge on any atom is 0.407 e. The molecule has 0 bridgehead atoms. The highest BCUT2D eigenvalue weighted by Gasteiger charge is 2.19. The van der Waals surface area contributed by atoms with E-state index in [-0.39, 0.29) is 24.1 Å². The number of aliphatic hydroxyl groups is 1. The third kappa shape index (κ3) is 9.24. The minimum atomic E-state index is -0.417. The van der Waals surface area contributed by atoms with Crippen LogP contribution in [0.25, 0.3) is 0 Å². The highest BCUT2D eigenvalue weighted by atomic mass is 16.5. The minimum Gasteiger partial charge on any atom is -0.513 e. The monoisotopic (exact) mass is 287 g/mol. The van der Waals surface area contributed by atoms with E-state index in [1.54, 1.807) is 0 Å². The second-order valence-corrected chi connectivity index (χ2v) is 4.55. The number of rotatable bonds is 10. The molecule has 6 nitrogen and oxygen atoms in total. The molecule has 0 aliphatic carbocycles. The Balaban J connectivity index is 3.80. The summed E-state index contributed by atoms with van der Waals surface area (Å²) in [7, 11) is 1.32. The zero-order valence-corrected chi connectivity index (χ0v) is 12.3. The highest BCUT2D eigenvalue weighted by Crippen LogP contribution is 2.17. The Morgan fingerprint density at radius 2 is 2.05 bits per heavy atom. The van der Waals surface area contributed by atoms with Gasteiger partial charge in [-0.1, -0.05) is 19.9 Å². The summed E-state index contributed by atoms with van der Waals surface area (Å²) < 4.78 is 9.53. The van der Waals surface area contributed by atoms with E-state index >= 15 is 0 Å². The van der Waals surface area contributed by atoms with E-state index in [1.807, 2.05) is 6.92 Å². The van der Waals surface area contributed by atoms with E-state index in [1.165, 1.54) is 7.11 Å². The second kappa shape index (κ2) is 11.1. The summed E-state index contributed by atoms with van der Waals surface area (Å²) in [5, 5.41) is 11.8. The molecular weight excluding hydrogens is 262 g/mol. The van der Waals surface area contributed by atoms with Crippen LogP contribution in [0.3, 0.4) is 0 Å². The van der Waals surface area contributed by atoms with Gasteiger partial charge in [-0.05, 0) is 19.3 Å². The van der Waals surface area contributed by atoms with Crippen molar-refractivity contribution in [2.45, 2.75) is 39.0 Å². The van der Waals surface area contributed by atoms with Gasteiger partial charge < -0.3 is 19.9 Å². The van der Waals surface area contributed by atoms with Crippen LogP contribution < -0.4 is 5.32 Å². The number of carbonyl (C=O) groups excluding carboxylic acids is 2. The van der Waals surface area contributed by atoms with Gasteiger partial charge in [0.05, 0.1) is 25.4 Å². The van der Waals surface area contributed by atoms with Crippen molar-refractivity contribution in [1.29, 1.82) is 0 Å². The first-order chi connectivity index (χ1) is 9.51. The third-order valence-electron chi connectivity index (χ3n) is 2.70. The fourth-order valence-electron chi connectivity index (χ4n) is 1.71. The van der Waals surface area contributed by atoms with E-state index in [0.29, 0.717) is 19.6 Å². The summed E-state index contributed by atoms with van der Waals surface area (Å²) in [6.07, 6.45) is 2.63. The van der Waals surface area contributed by atoms with Crippen LogP contribution in [0.5, 0.6) is 0 Å². The molecule has 0 spiro atoms. The van der Waals surface area contributed by atoms with Crippen molar-refractivity contribution >= 4 is 12.1 Å². The summed E-state index contributed by atoms with van der Waals surface area (Å²) >= 11 is 0. The van der Waals surface area contributed by atoms with E-state index in [9.17, 15) is 9.59 Å². The van der Waals surface area contributed by atoms with Crippen molar-refractivity contribution < 1.29 is 24.2 Å². The lowest BCUT2D eigenvalue weighted by Crippen LogP contribution is -2.25. The fourth-order valence-corrected chi connectivity index (χ4v) is 1.71. The average Bonchev–Trinajstić information content (AvgIpc) is 2.42. The van der Waals surface area contributed by atoms with Crippen molar-refractivity contribution in [1.82, 2.24) is 5.32 Å².